The molecule has 3 rings (SSSR count). The lowest BCUT2D eigenvalue weighted by Gasteiger charge is -2.29. The first-order chi connectivity index (χ1) is 12.2. The fraction of sp³-hybridized carbons (Fsp3) is 0.400. The fourth-order valence-electron chi connectivity index (χ4n) is 3.40. The molecule has 25 heavy (non-hydrogen) atoms. The van der Waals surface area contributed by atoms with Crippen LogP contribution in [0.3, 0.4) is 0 Å². The van der Waals surface area contributed by atoms with E-state index in [1.165, 1.54) is 6.07 Å². The van der Waals surface area contributed by atoms with Crippen molar-refractivity contribution in [2.75, 3.05) is 6.07 Å². The van der Waals surface area contributed by atoms with E-state index in [4.69, 9.17) is 21.1 Å². The first-order valence-electron chi connectivity index (χ1n) is 8.50. The maximum absolute atomic E-state index is 14.4. The van der Waals surface area contributed by atoms with E-state index in [2.05, 4.69) is 0 Å². The van der Waals surface area contributed by atoms with E-state index in [9.17, 15) is 8.78 Å². The number of halogens is 3. The normalized spacial score (nSPS) is 20.4. The third-order valence-corrected chi connectivity index (χ3v) is 4.80. The zero-order valence-corrected chi connectivity index (χ0v) is 14.6. The van der Waals surface area contributed by atoms with Gasteiger partial charge in [0.15, 0.2) is 11.6 Å². The first kappa shape index (κ1) is 18.2. The van der Waals surface area contributed by atoms with Crippen LogP contribution in [0, 0.1) is 11.6 Å². The molecule has 2 aromatic carbocycles. The number of rotatable bonds is 6. The summed E-state index contributed by atoms with van der Waals surface area (Å²) in [6.07, 6.45) is 3.38. The number of alkyl halides is 1. The van der Waals surface area contributed by atoms with Crippen LogP contribution in [-0.4, -0.2) is 12.2 Å². The summed E-state index contributed by atoms with van der Waals surface area (Å²) in [5, 5.41) is 0. The van der Waals surface area contributed by atoms with Crippen LogP contribution in [0.2, 0.25) is 0 Å². The lowest BCUT2D eigenvalue weighted by Crippen LogP contribution is -2.21. The van der Waals surface area contributed by atoms with Gasteiger partial charge in [0.2, 0.25) is 0 Å². The maximum Gasteiger partial charge on any atom is 0.168 e. The van der Waals surface area contributed by atoms with Crippen molar-refractivity contribution in [2.45, 2.75) is 44.3 Å². The van der Waals surface area contributed by atoms with Gasteiger partial charge in [-0.1, -0.05) is 41.9 Å². The zero-order valence-electron chi connectivity index (χ0n) is 13.9. The second kappa shape index (κ2) is 8.63. The molecule has 0 atom stereocenters. The third-order valence-electron chi connectivity index (χ3n) is 4.68. The molecule has 1 aliphatic rings. The molecule has 2 aromatic rings. The monoisotopic (exact) mass is 366 g/mol. The van der Waals surface area contributed by atoms with Crippen LogP contribution in [0.4, 0.5) is 8.78 Å². The van der Waals surface area contributed by atoms with Gasteiger partial charge in [-0.25, -0.2) is 8.78 Å². The van der Waals surface area contributed by atoms with E-state index in [0.717, 1.165) is 37.3 Å². The Balaban J connectivity index is 1.76. The van der Waals surface area contributed by atoms with Crippen molar-refractivity contribution < 1.29 is 18.3 Å². The van der Waals surface area contributed by atoms with Gasteiger partial charge < -0.3 is 9.47 Å². The topological polar surface area (TPSA) is 18.5 Å². The van der Waals surface area contributed by atoms with Gasteiger partial charge in [-0.15, -0.1) is 0 Å². The van der Waals surface area contributed by atoms with Gasteiger partial charge in [0.25, 0.3) is 0 Å². The highest BCUT2D eigenvalue weighted by Crippen LogP contribution is 2.40. The summed E-state index contributed by atoms with van der Waals surface area (Å²) in [6.45, 7) is 0.251. The lowest BCUT2D eigenvalue weighted by atomic mass is 9.82. The number of benzene rings is 2. The molecule has 134 valence electrons. The molecule has 0 N–H and O–H groups in total. The van der Waals surface area contributed by atoms with Crippen molar-refractivity contribution >= 4 is 11.6 Å². The van der Waals surface area contributed by atoms with Crippen molar-refractivity contribution in [3.63, 3.8) is 0 Å². The fourth-order valence-corrected chi connectivity index (χ4v) is 3.57. The van der Waals surface area contributed by atoms with E-state index < -0.39 is 11.6 Å². The van der Waals surface area contributed by atoms with Gasteiger partial charge in [-0.3, -0.25) is 0 Å². The van der Waals surface area contributed by atoms with Crippen molar-refractivity contribution in [3.05, 3.63) is 65.2 Å². The minimum absolute atomic E-state index is 0.0612. The first-order valence-corrected chi connectivity index (χ1v) is 9.04. The Bertz CT molecular complexity index is 686. The summed E-state index contributed by atoms with van der Waals surface area (Å²) in [6, 6.07) is 12.0. The van der Waals surface area contributed by atoms with E-state index in [1.54, 1.807) is 0 Å². The Morgan fingerprint density at radius 1 is 1.00 bits per heavy atom. The average Bonchev–Trinajstić information content (AvgIpc) is 2.62. The van der Waals surface area contributed by atoms with Gasteiger partial charge in [-0.2, -0.15) is 0 Å². The molecule has 1 fully saturated rings. The van der Waals surface area contributed by atoms with Crippen molar-refractivity contribution in [2.24, 2.45) is 0 Å². The van der Waals surface area contributed by atoms with Crippen LogP contribution in [0.5, 0.6) is 5.75 Å². The van der Waals surface area contributed by atoms with Gasteiger partial charge in [0.05, 0.1) is 6.10 Å². The Hall–Kier alpha value is -1.65. The summed E-state index contributed by atoms with van der Waals surface area (Å²) in [7, 11) is 0. The molecule has 0 aromatic heterocycles. The molecule has 0 unspecified atom stereocenters. The van der Waals surface area contributed by atoms with Crippen LogP contribution in [0.25, 0.3) is 0 Å². The maximum atomic E-state index is 14.4. The summed E-state index contributed by atoms with van der Waals surface area (Å²) < 4.78 is 39.3. The van der Waals surface area contributed by atoms with Crippen molar-refractivity contribution in [1.82, 2.24) is 0 Å². The Kier molecular flexibility index (Phi) is 6.27. The van der Waals surface area contributed by atoms with Crippen molar-refractivity contribution in [1.29, 1.82) is 0 Å². The second-order valence-electron chi connectivity index (χ2n) is 6.33. The highest BCUT2D eigenvalue weighted by molar-refractivity contribution is 6.17. The van der Waals surface area contributed by atoms with Crippen molar-refractivity contribution in [3.8, 4) is 5.75 Å². The highest BCUT2D eigenvalue weighted by atomic mass is 35.5. The van der Waals surface area contributed by atoms with E-state index in [0.29, 0.717) is 5.56 Å². The van der Waals surface area contributed by atoms with Gasteiger partial charge >= 0.3 is 0 Å². The van der Waals surface area contributed by atoms with Crippen LogP contribution in [-0.2, 0) is 11.3 Å². The smallest absolute Gasteiger partial charge is 0.168 e. The Labute approximate surface area is 151 Å². The number of hydrogen-bond acceptors (Lipinski definition) is 2. The Morgan fingerprint density at radius 3 is 2.40 bits per heavy atom. The number of hydrogen-bond donors (Lipinski definition) is 0. The van der Waals surface area contributed by atoms with Gasteiger partial charge in [-0.05, 0) is 43.2 Å². The standard InChI is InChI=1S/C20H21ClF2O2/c21-13-25-17-8-6-15(7-9-17)18-10-16(22)11-19(23)20(18)24-12-14-4-2-1-3-5-14/h1-5,10-11,15,17H,6-9,12-13H2. The molecule has 1 aliphatic carbocycles. The van der Waals surface area contributed by atoms with Crippen LogP contribution in [0.1, 0.15) is 42.7 Å². The minimum Gasteiger partial charge on any atom is -0.486 e. The minimum atomic E-state index is -0.648. The molecule has 0 saturated heterocycles. The molecule has 0 spiro atoms. The zero-order chi connectivity index (χ0) is 17.6. The van der Waals surface area contributed by atoms with E-state index in [1.807, 2.05) is 30.3 Å². The predicted molar refractivity (Wildman–Crippen MR) is 93.9 cm³/mol. The summed E-state index contributed by atoms with van der Waals surface area (Å²) >= 11 is 5.61. The quantitative estimate of drug-likeness (QED) is 0.603. The second-order valence-corrected chi connectivity index (χ2v) is 6.55. The molecule has 0 aliphatic heterocycles. The molecule has 2 nitrogen and oxygen atoms in total. The van der Waals surface area contributed by atoms with Crippen LogP contribution >= 0.6 is 11.6 Å². The van der Waals surface area contributed by atoms with E-state index in [-0.39, 0.29) is 30.4 Å². The lowest BCUT2D eigenvalue weighted by molar-refractivity contribution is 0.0527. The molecule has 1 saturated carbocycles. The molecule has 5 heteroatoms. The van der Waals surface area contributed by atoms with Gasteiger partial charge in [0.1, 0.15) is 18.5 Å². The SMILES string of the molecule is Fc1cc(F)c(OCc2ccccc2)c(C2CCC(OCCl)CC2)c1. The molecule has 0 bridgehead atoms. The summed E-state index contributed by atoms with van der Waals surface area (Å²) in [4.78, 5) is 0. The molecular formula is C20H21ClF2O2. The molecular weight excluding hydrogens is 346 g/mol. The summed E-state index contributed by atoms with van der Waals surface area (Å²) in [5.41, 5.74) is 1.55. The third kappa shape index (κ3) is 4.71. The number of ether oxygens (including phenoxy) is 2. The molecule has 0 radical (unpaired) electrons. The van der Waals surface area contributed by atoms with Crippen LogP contribution < -0.4 is 4.74 Å². The Morgan fingerprint density at radius 2 is 1.72 bits per heavy atom. The highest BCUT2D eigenvalue weighted by Gasteiger charge is 2.27. The van der Waals surface area contributed by atoms with Gasteiger partial charge in [0, 0.05) is 11.6 Å². The van der Waals surface area contributed by atoms with Crippen LogP contribution in [0.15, 0.2) is 42.5 Å². The predicted octanol–water partition coefficient (Wildman–Crippen LogP) is 5.78. The average molecular weight is 367 g/mol. The van der Waals surface area contributed by atoms with E-state index >= 15 is 0 Å². The molecule has 0 amide bonds. The largest absolute Gasteiger partial charge is 0.486 e. The molecule has 0 heterocycles. The summed E-state index contributed by atoms with van der Waals surface area (Å²) in [5.74, 6) is -0.998.